The van der Waals surface area contributed by atoms with Gasteiger partial charge in [-0.3, -0.25) is 0 Å². The van der Waals surface area contributed by atoms with Gasteiger partial charge in [0, 0.05) is 13.1 Å². The van der Waals surface area contributed by atoms with Crippen molar-refractivity contribution in [2.24, 2.45) is 0 Å². The van der Waals surface area contributed by atoms with E-state index in [0.717, 1.165) is 13.1 Å². The average molecular weight is 323 g/mol. The van der Waals surface area contributed by atoms with E-state index in [4.69, 9.17) is 0 Å². The molecular formula is C21H42N2. The zero-order valence-corrected chi connectivity index (χ0v) is 16.1. The Morgan fingerprint density at radius 1 is 0.522 bits per heavy atom. The molecule has 0 aromatic rings. The second-order valence-corrected chi connectivity index (χ2v) is 7.04. The van der Waals surface area contributed by atoms with Crippen molar-refractivity contribution < 1.29 is 0 Å². The van der Waals surface area contributed by atoms with Crippen LogP contribution in [-0.2, 0) is 0 Å². The zero-order valence-electron chi connectivity index (χ0n) is 16.1. The molecule has 0 rings (SSSR count). The first kappa shape index (κ1) is 22.3. The Morgan fingerprint density at radius 3 is 1.13 bits per heavy atom. The minimum atomic E-state index is 0.974. The molecule has 0 amide bonds. The normalized spacial score (nSPS) is 10.7. The Balaban J connectivity index is 3.31. The molecule has 0 atom stereocenters. The van der Waals surface area contributed by atoms with Gasteiger partial charge in [0.25, 0.3) is 0 Å². The third-order valence-corrected chi connectivity index (χ3v) is 4.70. The summed E-state index contributed by atoms with van der Waals surface area (Å²) >= 11 is 0. The van der Waals surface area contributed by atoms with Crippen molar-refractivity contribution in [3.8, 4) is 6.19 Å². The Bertz CT molecular complexity index is 237. The molecule has 0 aromatic carbocycles. The van der Waals surface area contributed by atoms with Gasteiger partial charge < -0.3 is 4.90 Å². The molecule has 136 valence electrons. The number of hydrogen-bond acceptors (Lipinski definition) is 2. The molecule has 0 aromatic heterocycles. The minimum absolute atomic E-state index is 0.974. The summed E-state index contributed by atoms with van der Waals surface area (Å²) in [4.78, 5) is 1.98. The van der Waals surface area contributed by atoms with Crippen LogP contribution < -0.4 is 0 Å². The second-order valence-electron chi connectivity index (χ2n) is 7.04. The van der Waals surface area contributed by atoms with Gasteiger partial charge in [-0.15, -0.1) is 0 Å². The van der Waals surface area contributed by atoms with E-state index in [1.54, 1.807) is 0 Å². The van der Waals surface area contributed by atoms with Crippen LogP contribution in [0.4, 0.5) is 0 Å². The van der Waals surface area contributed by atoms with Crippen LogP contribution in [0, 0.1) is 11.5 Å². The largest absolute Gasteiger partial charge is 0.311 e. The van der Waals surface area contributed by atoms with Crippen LogP contribution in [0.15, 0.2) is 0 Å². The van der Waals surface area contributed by atoms with E-state index in [2.05, 4.69) is 20.0 Å². The standard InChI is InChI=1S/C21H42N2/c1-3-5-7-9-11-13-15-17-19-23(21-22)20-18-16-14-12-10-8-6-4-2/h3-20H2,1-2H3. The second kappa shape index (κ2) is 19.3. The van der Waals surface area contributed by atoms with Crippen LogP contribution in [-0.4, -0.2) is 18.0 Å². The lowest BCUT2D eigenvalue weighted by Crippen LogP contribution is -2.20. The molecule has 2 heteroatoms. The Hall–Kier alpha value is -0.710. The summed E-state index contributed by atoms with van der Waals surface area (Å²) in [6.07, 6.45) is 23.8. The highest BCUT2D eigenvalue weighted by Gasteiger charge is 2.01. The van der Waals surface area contributed by atoms with Crippen LogP contribution >= 0.6 is 0 Å². The molecule has 0 heterocycles. The van der Waals surface area contributed by atoms with Crippen molar-refractivity contribution in [3.05, 3.63) is 0 Å². The first-order valence-electron chi connectivity index (χ1n) is 10.5. The first-order chi connectivity index (χ1) is 11.3. The molecule has 0 fully saturated rings. The van der Waals surface area contributed by atoms with Gasteiger partial charge in [-0.05, 0) is 12.8 Å². The van der Waals surface area contributed by atoms with Crippen molar-refractivity contribution in [2.45, 2.75) is 117 Å². The third kappa shape index (κ3) is 17.5. The molecule has 0 saturated carbocycles. The van der Waals surface area contributed by atoms with Gasteiger partial charge in [0.05, 0.1) is 0 Å². The molecule has 0 aliphatic heterocycles. The number of nitrogens with zero attached hydrogens (tertiary/aromatic N) is 2. The van der Waals surface area contributed by atoms with E-state index in [1.807, 2.05) is 4.90 Å². The highest BCUT2D eigenvalue weighted by molar-refractivity contribution is 4.73. The predicted molar refractivity (Wildman–Crippen MR) is 102 cm³/mol. The van der Waals surface area contributed by atoms with Crippen LogP contribution in [0.25, 0.3) is 0 Å². The van der Waals surface area contributed by atoms with E-state index < -0.39 is 0 Å². The average Bonchev–Trinajstić information content (AvgIpc) is 2.57. The third-order valence-electron chi connectivity index (χ3n) is 4.70. The molecule has 0 saturated heterocycles. The van der Waals surface area contributed by atoms with Crippen LogP contribution in [0.2, 0.25) is 0 Å². The van der Waals surface area contributed by atoms with Gasteiger partial charge >= 0.3 is 0 Å². The van der Waals surface area contributed by atoms with E-state index in [9.17, 15) is 5.26 Å². The smallest absolute Gasteiger partial charge is 0.179 e. The van der Waals surface area contributed by atoms with Crippen LogP contribution in [0.1, 0.15) is 117 Å². The fourth-order valence-corrected chi connectivity index (χ4v) is 3.08. The number of rotatable bonds is 18. The van der Waals surface area contributed by atoms with E-state index >= 15 is 0 Å². The predicted octanol–water partition coefficient (Wildman–Crippen LogP) is 7.05. The van der Waals surface area contributed by atoms with Crippen molar-refractivity contribution >= 4 is 0 Å². The number of nitriles is 1. The lowest BCUT2D eigenvalue weighted by Gasteiger charge is -2.15. The van der Waals surface area contributed by atoms with Gasteiger partial charge in [0.15, 0.2) is 6.19 Å². The molecule has 0 aliphatic carbocycles. The van der Waals surface area contributed by atoms with Gasteiger partial charge in [0.1, 0.15) is 0 Å². The van der Waals surface area contributed by atoms with Crippen LogP contribution in [0.3, 0.4) is 0 Å². The number of unbranched alkanes of at least 4 members (excludes halogenated alkanes) is 14. The molecule has 0 spiro atoms. The topological polar surface area (TPSA) is 27.0 Å². The molecular weight excluding hydrogens is 280 g/mol. The molecule has 0 unspecified atom stereocenters. The highest BCUT2D eigenvalue weighted by atomic mass is 15.1. The Labute approximate surface area is 146 Å². The minimum Gasteiger partial charge on any atom is -0.311 e. The molecule has 0 aliphatic rings. The quantitative estimate of drug-likeness (QED) is 0.153. The zero-order chi connectivity index (χ0) is 17.0. The summed E-state index contributed by atoms with van der Waals surface area (Å²) in [6, 6.07) is 0. The maximum atomic E-state index is 9.20. The summed E-state index contributed by atoms with van der Waals surface area (Å²) in [6.45, 7) is 6.48. The van der Waals surface area contributed by atoms with E-state index in [-0.39, 0.29) is 0 Å². The van der Waals surface area contributed by atoms with Crippen molar-refractivity contribution in [1.82, 2.24) is 4.90 Å². The summed E-state index contributed by atoms with van der Waals surface area (Å²) < 4.78 is 0. The van der Waals surface area contributed by atoms with Gasteiger partial charge in [-0.1, -0.05) is 104 Å². The maximum Gasteiger partial charge on any atom is 0.179 e. The maximum absolute atomic E-state index is 9.20. The van der Waals surface area contributed by atoms with Gasteiger partial charge in [-0.2, -0.15) is 5.26 Å². The summed E-state index contributed by atoms with van der Waals surface area (Å²) in [5, 5.41) is 9.20. The van der Waals surface area contributed by atoms with Gasteiger partial charge in [-0.25, -0.2) is 0 Å². The molecule has 23 heavy (non-hydrogen) atoms. The van der Waals surface area contributed by atoms with Crippen LogP contribution in [0.5, 0.6) is 0 Å². The summed E-state index contributed by atoms with van der Waals surface area (Å²) in [5.41, 5.74) is 0. The summed E-state index contributed by atoms with van der Waals surface area (Å²) in [5.74, 6) is 0. The highest BCUT2D eigenvalue weighted by Crippen LogP contribution is 2.10. The van der Waals surface area contributed by atoms with Crippen molar-refractivity contribution in [2.75, 3.05) is 13.1 Å². The Kier molecular flexibility index (Phi) is 18.7. The van der Waals surface area contributed by atoms with Crippen molar-refractivity contribution in [1.29, 1.82) is 5.26 Å². The number of hydrogen-bond donors (Lipinski definition) is 0. The SMILES string of the molecule is CCCCCCCCCCN(C#N)CCCCCCCCCC. The lowest BCUT2D eigenvalue weighted by molar-refractivity contribution is 0.362. The van der Waals surface area contributed by atoms with Crippen molar-refractivity contribution in [3.63, 3.8) is 0 Å². The lowest BCUT2D eigenvalue weighted by atomic mass is 10.1. The fraction of sp³-hybridized carbons (Fsp3) is 0.952. The molecule has 2 nitrogen and oxygen atoms in total. The molecule has 0 radical (unpaired) electrons. The monoisotopic (exact) mass is 322 g/mol. The van der Waals surface area contributed by atoms with Gasteiger partial charge in [0.2, 0.25) is 0 Å². The molecule has 0 N–H and O–H groups in total. The molecule has 0 bridgehead atoms. The van der Waals surface area contributed by atoms with E-state index in [1.165, 1.54) is 103 Å². The Morgan fingerprint density at radius 2 is 0.826 bits per heavy atom. The first-order valence-corrected chi connectivity index (χ1v) is 10.5. The fourth-order valence-electron chi connectivity index (χ4n) is 3.08. The van der Waals surface area contributed by atoms with E-state index in [0.29, 0.717) is 0 Å². The summed E-state index contributed by atoms with van der Waals surface area (Å²) in [7, 11) is 0.